The van der Waals surface area contributed by atoms with Gasteiger partial charge in [-0.2, -0.15) is 0 Å². The van der Waals surface area contributed by atoms with E-state index in [9.17, 15) is 9.90 Å². The molecule has 0 spiro atoms. The molecule has 0 radical (unpaired) electrons. The fourth-order valence-corrected chi connectivity index (χ4v) is 2.72. The van der Waals surface area contributed by atoms with Crippen LogP contribution in [0.1, 0.15) is 31.1 Å². The molecule has 1 rings (SSSR count). The Hall–Kier alpha value is -0.560. The van der Waals surface area contributed by atoms with Crippen molar-refractivity contribution in [2.24, 2.45) is 5.41 Å². The smallest absolute Gasteiger partial charge is 0.260 e. The molecule has 1 amide bonds. The fourth-order valence-electron chi connectivity index (χ4n) is 1.71. The highest BCUT2D eigenvalue weighted by Gasteiger charge is 2.28. The van der Waals surface area contributed by atoms with E-state index < -0.39 is 5.41 Å². The lowest BCUT2D eigenvalue weighted by Crippen LogP contribution is -2.40. The van der Waals surface area contributed by atoms with Crippen LogP contribution >= 0.6 is 35.0 Å². The van der Waals surface area contributed by atoms with Crippen molar-refractivity contribution in [3.63, 3.8) is 0 Å². The second kappa shape index (κ2) is 7.63. The second-order valence-corrected chi connectivity index (χ2v) is 6.80. The maximum absolute atomic E-state index is 12.6. The van der Waals surface area contributed by atoms with Crippen LogP contribution in [0, 0.1) is 5.41 Å². The third-order valence-corrected chi connectivity index (χ3v) is 4.01. The molecule has 0 aliphatic rings. The van der Waals surface area contributed by atoms with Gasteiger partial charge in [-0.25, -0.2) is 9.97 Å². The Morgan fingerprint density at radius 1 is 1.33 bits per heavy atom. The molecule has 8 heteroatoms. The number of hydrogen-bond donors (Lipinski definition) is 1. The van der Waals surface area contributed by atoms with Gasteiger partial charge in [0.15, 0.2) is 5.16 Å². The molecule has 5 nitrogen and oxygen atoms in total. The zero-order chi connectivity index (χ0) is 16.2. The van der Waals surface area contributed by atoms with Crippen LogP contribution in [0.15, 0.2) is 5.16 Å². The molecule has 0 bridgehead atoms. The van der Waals surface area contributed by atoms with Crippen molar-refractivity contribution in [2.45, 2.75) is 25.9 Å². The Kier molecular flexibility index (Phi) is 6.71. The average molecular weight is 352 g/mol. The van der Waals surface area contributed by atoms with Gasteiger partial charge in [-0.3, -0.25) is 4.79 Å². The van der Waals surface area contributed by atoms with Crippen LogP contribution in [-0.2, 0) is 0 Å². The number of amides is 1. The minimum atomic E-state index is -0.412. The molecule has 0 saturated carbocycles. The van der Waals surface area contributed by atoms with Crippen LogP contribution in [0.4, 0.5) is 0 Å². The van der Waals surface area contributed by atoms with Gasteiger partial charge in [0.25, 0.3) is 5.91 Å². The Bertz CT molecular complexity index is 503. The summed E-state index contributed by atoms with van der Waals surface area (Å²) in [4.78, 5) is 22.3. The molecule has 0 aliphatic heterocycles. The number of thioether (sulfide) groups is 1. The van der Waals surface area contributed by atoms with E-state index in [1.807, 2.05) is 20.8 Å². The van der Waals surface area contributed by atoms with Gasteiger partial charge in [0.1, 0.15) is 15.9 Å². The third-order valence-electron chi connectivity index (χ3n) is 2.91. The fraction of sp³-hybridized carbons (Fsp3) is 0.615. The van der Waals surface area contributed by atoms with E-state index >= 15 is 0 Å². The zero-order valence-electron chi connectivity index (χ0n) is 12.5. The Morgan fingerprint density at radius 2 is 1.86 bits per heavy atom. The molecule has 0 unspecified atom stereocenters. The first-order chi connectivity index (χ1) is 9.75. The minimum Gasteiger partial charge on any atom is -0.396 e. The average Bonchev–Trinajstić information content (AvgIpc) is 2.43. The quantitative estimate of drug-likeness (QED) is 0.484. The lowest BCUT2D eigenvalue weighted by atomic mass is 9.94. The van der Waals surface area contributed by atoms with Gasteiger partial charge < -0.3 is 10.0 Å². The molecule has 118 valence electrons. The van der Waals surface area contributed by atoms with Gasteiger partial charge in [-0.05, 0) is 13.2 Å². The lowest BCUT2D eigenvalue weighted by molar-refractivity contribution is 0.0615. The normalized spacial score (nSPS) is 11.6. The molecule has 0 aromatic carbocycles. The van der Waals surface area contributed by atoms with E-state index in [1.165, 1.54) is 11.8 Å². The summed E-state index contributed by atoms with van der Waals surface area (Å²) in [7, 11) is 0. The number of carbonyl (C=O) groups excluding carboxylic acids is 1. The molecule has 1 aromatic heterocycles. The van der Waals surface area contributed by atoms with Gasteiger partial charge >= 0.3 is 0 Å². The van der Waals surface area contributed by atoms with Crippen LogP contribution in [0.5, 0.6) is 0 Å². The summed E-state index contributed by atoms with van der Waals surface area (Å²) in [6.45, 7) is 6.43. The molecule has 0 aliphatic carbocycles. The molecule has 21 heavy (non-hydrogen) atoms. The van der Waals surface area contributed by atoms with Crippen molar-refractivity contribution in [3.8, 4) is 0 Å². The maximum atomic E-state index is 12.6. The highest BCUT2D eigenvalue weighted by molar-refractivity contribution is 7.98. The van der Waals surface area contributed by atoms with E-state index in [2.05, 4.69) is 9.97 Å². The van der Waals surface area contributed by atoms with E-state index in [1.54, 1.807) is 11.2 Å². The van der Waals surface area contributed by atoms with Crippen LogP contribution < -0.4 is 0 Å². The Morgan fingerprint density at radius 3 is 2.24 bits per heavy atom. The van der Waals surface area contributed by atoms with Gasteiger partial charge in [0.05, 0.1) is 0 Å². The molecule has 1 aromatic rings. The Labute approximate surface area is 139 Å². The summed E-state index contributed by atoms with van der Waals surface area (Å²) in [6, 6.07) is 0. The topological polar surface area (TPSA) is 66.3 Å². The molecule has 1 N–H and O–H groups in total. The molecular formula is C13H19Cl2N3O2S. The third kappa shape index (κ3) is 4.71. The molecular weight excluding hydrogens is 333 g/mol. The first-order valence-electron chi connectivity index (χ1n) is 6.43. The number of rotatable bonds is 6. The predicted octanol–water partition coefficient (Wildman–Crippen LogP) is 2.99. The van der Waals surface area contributed by atoms with E-state index in [0.717, 1.165) is 0 Å². The largest absolute Gasteiger partial charge is 0.396 e. The lowest BCUT2D eigenvalue weighted by Gasteiger charge is -2.30. The molecule has 0 atom stereocenters. The summed E-state index contributed by atoms with van der Waals surface area (Å²) >= 11 is 13.4. The number of hydrogen-bond acceptors (Lipinski definition) is 5. The van der Waals surface area contributed by atoms with Gasteiger partial charge in [-0.1, -0.05) is 48.8 Å². The SMILES string of the molecule is CCN(CC(C)(C)CO)C(=O)c1c(Cl)nc(SC)nc1Cl. The van der Waals surface area contributed by atoms with Gasteiger partial charge in [-0.15, -0.1) is 0 Å². The molecule has 0 fully saturated rings. The maximum Gasteiger partial charge on any atom is 0.260 e. The number of aliphatic hydroxyl groups excluding tert-OH is 1. The van der Waals surface area contributed by atoms with Crippen LogP contribution in [0.2, 0.25) is 10.3 Å². The van der Waals surface area contributed by atoms with Crippen LogP contribution in [0.25, 0.3) is 0 Å². The van der Waals surface area contributed by atoms with Crippen molar-refractivity contribution in [2.75, 3.05) is 26.0 Å². The van der Waals surface area contributed by atoms with Gasteiger partial charge in [0, 0.05) is 25.1 Å². The monoisotopic (exact) mass is 351 g/mol. The number of halogens is 2. The van der Waals surface area contributed by atoms with E-state index in [-0.39, 0.29) is 28.4 Å². The number of aromatic nitrogens is 2. The highest BCUT2D eigenvalue weighted by Crippen LogP contribution is 2.27. The van der Waals surface area contributed by atoms with Crippen molar-refractivity contribution < 1.29 is 9.90 Å². The van der Waals surface area contributed by atoms with Crippen molar-refractivity contribution in [1.29, 1.82) is 0 Å². The summed E-state index contributed by atoms with van der Waals surface area (Å²) < 4.78 is 0. The van der Waals surface area contributed by atoms with E-state index in [4.69, 9.17) is 23.2 Å². The summed E-state index contributed by atoms with van der Waals surface area (Å²) in [5, 5.41) is 9.86. The van der Waals surface area contributed by atoms with E-state index in [0.29, 0.717) is 18.2 Å². The van der Waals surface area contributed by atoms with Crippen LogP contribution in [-0.4, -0.2) is 51.8 Å². The number of aliphatic hydroxyl groups is 1. The standard InChI is InChI=1S/C13H19Cl2N3O2S/c1-5-18(6-13(2,3)7-19)11(20)8-9(14)16-12(21-4)17-10(8)15/h19H,5-7H2,1-4H3. The summed E-state index contributed by atoms with van der Waals surface area (Å²) in [5.74, 6) is -0.332. The summed E-state index contributed by atoms with van der Waals surface area (Å²) in [6.07, 6.45) is 1.80. The van der Waals surface area contributed by atoms with Crippen molar-refractivity contribution in [3.05, 3.63) is 15.9 Å². The minimum absolute atomic E-state index is 0.0276. The van der Waals surface area contributed by atoms with Gasteiger partial charge in [0.2, 0.25) is 0 Å². The number of nitrogens with zero attached hydrogens (tertiary/aromatic N) is 3. The first kappa shape index (κ1) is 18.5. The highest BCUT2D eigenvalue weighted by atomic mass is 35.5. The second-order valence-electron chi connectivity index (χ2n) is 5.31. The molecule has 0 saturated heterocycles. The Balaban J connectivity index is 3.11. The van der Waals surface area contributed by atoms with Crippen molar-refractivity contribution >= 4 is 40.9 Å². The summed E-state index contributed by atoms with van der Waals surface area (Å²) in [5.41, 5.74) is -0.309. The zero-order valence-corrected chi connectivity index (χ0v) is 14.8. The molecule has 1 heterocycles. The first-order valence-corrected chi connectivity index (χ1v) is 8.41. The number of carbonyl (C=O) groups is 1. The van der Waals surface area contributed by atoms with Crippen molar-refractivity contribution in [1.82, 2.24) is 14.9 Å². The predicted molar refractivity (Wildman–Crippen MR) is 86.3 cm³/mol. The van der Waals surface area contributed by atoms with Crippen LogP contribution in [0.3, 0.4) is 0 Å².